The van der Waals surface area contributed by atoms with Crippen molar-refractivity contribution >= 4 is 15.9 Å². The molecule has 67 heavy (non-hydrogen) atoms. The van der Waals surface area contributed by atoms with Gasteiger partial charge in [-0.3, -0.25) is 0 Å². The molecule has 1 aliphatic carbocycles. The number of rotatable bonds is 6. The Morgan fingerprint density at radius 2 is 0.821 bits per heavy atom. The van der Waals surface area contributed by atoms with Gasteiger partial charge in [-0.2, -0.15) is 49.2 Å². The zero-order valence-electron chi connectivity index (χ0n) is 42.8. The van der Waals surface area contributed by atoms with Crippen molar-refractivity contribution in [3.05, 3.63) is 190 Å². The Labute approximate surface area is 416 Å². The third kappa shape index (κ3) is 13.4. The third-order valence-electron chi connectivity index (χ3n) is 13.4. The van der Waals surface area contributed by atoms with Gasteiger partial charge >= 0.3 is 334 Å². The van der Waals surface area contributed by atoms with Gasteiger partial charge in [-0.15, -0.1) is 24.3 Å². The zero-order chi connectivity index (χ0) is 48.8. The van der Waals surface area contributed by atoms with E-state index in [-0.39, 0.29) is 42.2 Å². The Kier molecular flexibility index (Phi) is 17.7. The van der Waals surface area contributed by atoms with Crippen molar-refractivity contribution in [2.24, 2.45) is 0 Å². The van der Waals surface area contributed by atoms with Crippen LogP contribution >= 0.6 is 15.9 Å². The van der Waals surface area contributed by atoms with Crippen molar-refractivity contribution in [2.75, 3.05) is 0 Å². The number of hydrogen-bond donors (Lipinski definition) is 2. The van der Waals surface area contributed by atoms with Gasteiger partial charge < -0.3 is 0 Å². The quantitative estimate of drug-likeness (QED) is 0.129. The first-order valence-electron chi connectivity index (χ1n) is 24.4. The number of phenolic OH excluding ortho intramolecular Hbond substituents is 2. The van der Waals surface area contributed by atoms with E-state index in [4.69, 9.17) is 0 Å². The van der Waals surface area contributed by atoms with Gasteiger partial charge in [0.15, 0.2) is 0 Å². The predicted octanol–water partition coefficient (Wildman–Crippen LogP) is 17.9. The fraction of sp³-hybridized carbons (Fsp3) is 0.387. The molecule has 2 N–H and O–H groups in total. The first kappa shape index (κ1) is 52.4. The summed E-state index contributed by atoms with van der Waals surface area (Å²) in [7, 11) is 0.547. The summed E-state index contributed by atoms with van der Waals surface area (Å²) in [5.41, 5.74) is 18.9. The molecule has 4 atom stereocenters. The molecule has 2 unspecified atom stereocenters. The fourth-order valence-corrected chi connectivity index (χ4v) is 30.8. The SMILES string of the molecule is Cc1cc(C)c(-c2cc(C(C)(C)C)cc(C[S]3=[Ti]=[S@@](Cc4cc(C(C)(C)C)cc(-c5c(C)cc(C)cc5C)c4O)C4CCCCCC[C@@H]43)c2O)c(C)c1.[CH2-]c1ccccc1.[CH2-]c1ccccc1. The fourth-order valence-electron chi connectivity index (χ4n) is 9.96. The average molecular weight is 967 g/mol. The van der Waals surface area contributed by atoms with Gasteiger partial charge in [-0.1, -0.05) is 12.1 Å². The summed E-state index contributed by atoms with van der Waals surface area (Å²) in [6.45, 7) is 34.4. The molecule has 5 heteroatoms. The van der Waals surface area contributed by atoms with E-state index >= 15 is 0 Å². The summed E-state index contributed by atoms with van der Waals surface area (Å²) in [5, 5.41) is 25.9. The Morgan fingerprint density at radius 3 is 1.10 bits per heavy atom. The molecule has 1 saturated carbocycles. The number of fused-ring (bicyclic) bond motifs is 1. The van der Waals surface area contributed by atoms with Gasteiger partial charge in [-0.25, -0.2) is 0 Å². The van der Waals surface area contributed by atoms with Gasteiger partial charge in [0.05, 0.1) is 0 Å². The van der Waals surface area contributed by atoms with Gasteiger partial charge in [0.2, 0.25) is 0 Å². The summed E-state index contributed by atoms with van der Waals surface area (Å²) < 4.78 is 0. The molecule has 8 rings (SSSR count). The summed E-state index contributed by atoms with van der Waals surface area (Å²) in [5.74, 6) is 3.01. The minimum atomic E-state index is -0.337. The van der Waals surface area contributed by atoms with Crippen LogP contribution in [0.25, 0.3) is 22.3 Å². The second-order valence-corrected chi connectivity index (χ2v) is 32.8. The normalized spacial score (nSPS) is 18.1. The first-order chi connectivity index (χ1) is 31.6. The molecular formula is C62H78O2S2Ti-2. The third-order valence-corrected chi connectivity index (χ3v) is 29.3. The maximum absolute atomic E-state index is 12.2. The molecule has 2 aliphatic rings. The Balaban J connectivity index is 0.000000450. The van der Waals surface area contributed by atoms with Crippen LogP contribution in [0.1, 0.15) is 147 Å². The van der Waals surface area contributed by atoms with Gasteiger partial charge in [0, 0.05) is 0 Å². The number of aromatic hydroxyl groups is 2. The largest absolute Gasteiger partial charge is 0.199 e. The van der Waals surface area contributed by atoms with Crippen molar-refractivity contribution in [3.63, 3.8) is 0 Å². The number of benzene rings is 6. The molecule has 2 nitrogen and oxygen atoms in total. The van der Waals surface area contributed by atoms with Crippen LogP contribution in [0.5, 0.6) is 11.5 Å². The first-order valence-corrected chi connectivity index (χ1v) is 31.1. The van der Waals surface area contributed by atoms with Gasteiger partial charge in [0.1, 0.15) is 0 Å². The number of phenols is 2. The van der Waals surface area contributed by atoms with Crippen molar-refractivity contribution < 1.29 is 25.7 Å². The molecule has 1 heterocycles. The minimum absolute atomic E-state index is 0.0205. The van der Waals surface area contributed by atoms with E-state index in [1.807, 2.05) is 60.7 Å². The smallest absolute Gasteiger partial charge is 0.0866 e. The number of aryl methyl sites for hydroxylation is 6. The molecule has 0 aromatic heterocycles. The summed E-state index contributed by atoms with van der Waals surface area (Å²) in [6.07, 6.45) is 8.01. The Morgan fingerprint density at radius 1 is 0.493 bits per heavy atom. The molecule has 1 aliphatic heterocycles. The van der Waals surface area contributed by atoms with Crippen molar-refractivity contribution in [3.8, 4) is 33.8 Å². The molecular weight excluding hydrogens is 889 g/mol. The van der Waals surface area contributed by atoms with E-state index in [1.54, 1.807) is 0 Å². The van der Waals surface area contributed by atoms with E-state index in [9.17, 15) is 10.2 Å². The molecule has 0 spiro atoms. The summed E-state index contributed by atoms with van der Waals surface area (Å²) in [6, 6.07) is 38.1. The number of hydrogen-bond acceptors (Lipinski definition) is 2. The topological polar surface area (TPSA) is 40.5 Å². The van der Waals surface area contributed by atoms with Crippen LogP contribution in [0.15, 0.2) is 109 Å². The van der Waals surface area contributed by atoms with Gasteiger partial charge in [-0.05, 0) is 0 Å². The zero-order valence-corrected chi connectivity index (χ0v) is 46.0. The van der Waals surface area contributed by atoms with Crippen molar-refractivity contribution in [1.82, 2.24) is 0 Å². The van der Waals surface area contributed by atoms with E-state index in [0.717, 1.165) is 55.4 Å². The van der Waals surface area contributed by atoms with Crippen molar-refractivity contribution in [2.45, 2.75) is 154 Å². The van der Waals surface area contributed by atoms with Crippen LogP contribution in [0, 0.1) is 55.4 Å². The Hall–Kier alpha value is -3.93. The van der Waals surface area contributed by atoms with Crippen LogP contribution in [-0.2, 0) is 37.8 Å². The van der Waals surface area contributed by atoms with E-state index in [1.165, 1.54) is 94.2 Å². The molecule has 6 aromatic carbocycles. The van der Waals surface area contributed by atoms with Crippen LogP contribution in [0.4, 0.5) is 0 Å². The van der Waals surface area contributed by atoms with Crippen LogP contribution in [0.3, 0.4) is 0 Å². The average Bonchev–Trinajstić information content (AvgIpc) is 3.53. The van der Waals surface area contributed by atoms with Crippen LogP contribution < -0.4 is 0 Å². The maximum Gasteiger partial charge on any atom is -0.0866 e. The minimum Gasteiger partial charge on any atom is -0.199 e. The van der Waals surface area contributed by atoms with Crippen molar-refractivity contribution in [1.29, 1.82) is 0 Å². The second-order valence-electron chi connectivity index (χ2n) is 21.4. The van der Waals surface area contributed by atoms with E-state index in [2.05, 4.69) is 145 Å². The molecule has 356 valence electrons. The monoisotopic (exact) mass is 966 g/mol. The molecule has 0 bridgehead atoms. The summed E-state index contributed by atoms with van der Waals surface area (Å²) in [4.78, 5) is 0. The molecule has 0 radical (unpaired) electrons. The standard InChI is InChI=1S/C48H64O2S2.2C7H7.Ti/c1-29-19-31(3)43(32(4)20-29)39-25-37(47(7,8)9)23-35(45(39)49)27-51-41-17-15-13-14-16-18-42(41)52-28-36-24-38(48(10,11)12)26-40(46(36)50)44-33(5)21-30(2)22-34(44)6;2*1-7-5-3-2-4-6-7;/h19-26,41-42,49-50H,13-18,27-28H2,1-12H3;2*2-6H,1H2;/q;2*-1;/t41-,42?;;;/m0.../s1. The molecule has 0 amide bonds. The van der Waals surface area contributed by atoms with Crippen LogP contribution in [0.2, 0.25) is 0 Å². The van der Waals surface area contributed by atoms with E-state index in [0.29, 0.717) is 11.5 Å². The predicted molar refractivity (Wildman–Crippen MR) is 293 cm³/mol. The maximum atomic E-state index is 12.2. The van der Waals surface area contributed by atoms with Crippen LogP contribution in [-0.4, -0.2) is 20.7 Å². The second kappa shape index (κ2) is 22.7. The molecule has 0 saturated heterocycles. The molecule has 1 fully saturated rings. The summed E-state index contributed by atoms with van der Waals surface area (Å²) >= 11 is -0.337. The van der Waals surface area contributed by atoms with Gasteiger partial charge in [0.25, 0.3) is 0 Å². The van der Waals surface area contributed by atoms with E-state index < -0.39 is 0 Å². The Bertz CT molecular complexity index is 2520. The molecule has 6 aromatic rings.